The lowest BCUT2D eigenvalue weighted by molar-refractivity contribution is -0.136. The van der Waals surface area contributed by atoms with Crippen molar-refractivity contribution >= 4 is 5.91 Å². The van der Waals surface area contributed by atoms with E-state index >= 15 is 0 Å². The van der Waals surface area contributed by atoms with Crippen LogP contribution < -0.4 is 0 Å². The fourth-order valence-corrected chi connectivity index (χ4v) is 2.86. The number of carbonyl (C=O) groups is 1. The highest BCUT2D eigenvalue weighted by Gasteiger charge is 2.29. The third-order valence-corrected chi connectivity index (χ3v) is 3.99. The summed E-state index contributed by atoms with van der Waals surface area (Å²) in [4.78, 5) is 14.8. The third kappa shape index (κ3) is 2.74. The maximum absolute atomic E-state index is 12.7. The highest BCUT2D eigenvalue weighted by atomic mass is 16.2. The maximum atomic E-state index is 12.7. The SMILES string of the molecule is CC[C@@H](C(=O)N1CCCC[C@@H]1C)c1ccccc1. The Kier molecular flexibility index (Phi) is 4.40. The molecule has 98 valence electrons. The zero-order valence-electron chi connectivity index (χ0n) is 11.4. The van der Waals surface area contributed by atoms with Crippen molar-refractivity contribution in [1.29, 1.82) is 0 Å². The second-order valence-electron chi connectivity index (χ2n) is 5.25. The molecule has 2 atom stereocenters. The van der Waals surface area contributed by atoms with Gasteiger partial charge in [-0.15, -0.1) is 0 Å². The summed E-state index contributed by atoms with van der Waals surface area (Å²) in [6, 6.07) is 10.6. The predicted molar refractivity (Wildman–Crippen MR) is 74.5 cm³/mol. The van der Waals surface area contributed by atoms with Crippen LogP contribution in [0, 0.1) is 0 Å². The number of carbonyl (C=O) groups excluding carboxylic acids is 1. The van der Waals surface area contributed by atoms with Gasteiger partial charge in [-0.1, -0.05) is 37.3 Å². The van der Waals surface area contributed by atoms with Crippen LogP contribution in [0.1, 0.15) is 51.0 Å². The molecule has 0 unspecified atom stereocenters. The van der Waals surface area contributed by atoms with Crippen molar-refractivity contribution in [1.82, 2.24) is 4.90 Å². The van der Waals surface area contributed by atoms with E-state index in [1.807, 2.05) is 18.2 Å². The van der Waals surface area contributed by atoms with E-state index in [0.29, 0.717) is 11.9 Å². The summed E-state index contributed by atoms with van der Waals surface area (Å²) in [6.07, 6.45) is 4.44. The number of likely N-dealkylation sites (tertiary alicyclic amines) is 1. The average molecular weight is 245 g/mol. The quantitative estimate of drug-likeness (QED) is 0.797. The largest absolute Gasteiger partial charge is 0.339 e. The minimum atomic E-state index is 0.0340. The van der Waals surface area contributed by atoms with Crippen molar-refractivity contribution in [2.75, 3.05) is 6.54 Å². The topological polar surface area (TPSA) is 20.3 Å². The monoisotopic (exact) mass is 245 g/mol. The minimum absolute atomic E-state index is 0.0340. The molecule has 1 aromatic carbocycles. The van der Waals surface area contributed by atoms with Gasteiger partial charge in [0.2, 0.25) is 5.91 Å². The van der Waals surface area contributed by atoms with Crippen LogP contribution in [-0.2, 0) is 4.79 Å². The van der Waals surface area contributed by atoms with Gasteiger partial charge in [0, 0.05) is 12.6 Å². The Labute approximate surface area is 110 Å². The van der Waals surface area contributed by atoms with Crippen molar-refractivity contribution < 1.29 is 4.79 Å². The number of benzene rings is 1. The number of piperidine rings is 1. The highest BCUT2D eigenvalue weighted by molar-refractivity contribution is 5.84. The molecule has 0 aromatic heterocycles. The van der Waals surface area contributed by atoms with Crippen LogP contribution in [0.4, 0.5) is 0 Å². The molecule has 1 heterocycles. The molecule has 1 aliphatic rings. The van der Waals surface area contributed by atoms with Crippen molar-refractivity contribution in [3.05, 3.63) is 35.9 Å². The lowest BCUT2D eigenvalue weighted by Gasteiger charge is -2.36. The zero-order valence-corrected chi connectivity index (χ0v) is 11.4. The van der Waals surface area contributed by atoms with Crippen LogP contribution >= 0.6 is 0 Å². The fourth-order valence-electron chi connectivity index (χ4n) is 2.86. The Morgan fingerprint density at radius 3 is 2.67 bits per heavy atom. The zero-order chi connectivity index (χ0) is 13.0. The molecule has 2 rings (SSSR count). The Bertz CT molecular complexity index is 387. The van der Waals surface area contributed by atoms with E-state index in [-0.39, 0.29) is 5.92 Å². The Morgan fingerprint density at radius 1 is 1.33 bits per heavy atom. The first-order chi connectivity index (χ1) is 8.74. The lowest BCUT2D eigenvalue weighted by atomic mass is 9.93. The molecule has 1 aliphatic heterocycles. The van der Waals surface area contributed by atoms with Gasteiger partial charge in [0.25, 0.3) is 0 Å². The molecule has 0 N–H and O–H groups in total. The van der Waals surface area contributed by atoms with Gasteiger partial charge in [-0.3, -0.25) is 4.79 Å². The van der Waals surface area contributed by atoms with E-state index in [9.17, 15) is 4.79 Å². The summed E-state index contributed by atoms with van der Waals surface area (Å²) in [5.41, 5.74) is 1.16. The first kappa shape index (κ1) is 13.1. The second-order valence-corrected chi connectivity index (χ2v) is 5.25. The van der Waals surface area contributed by atoms with Crippen molar-refractivity contribution in [3.8, 4) is 0 Å². The summed E-state index contributed by atoms with van der Waals surface area (Å²) < 4.78 is 0. The van der Waals surface area contributed by atoms with E-state index in [1.165, 1.54) is 6.42 Å². The van der Waals surface area contributed by atoms with E-state index in [1.54, 1.807) is 0 Å². The molecule has 0 spiro atoms. The number of nitrogens with zero attached hydrogens (tertiary/aromatic N) is 1. The van der Waals surface area contributed by atoms with Crippen LogP contribution in [0.2, 0.25) is 0 Å². The minimum Gasteiger partial charge on any atom is -0.339 e. The molecule has 1 aromatic rings. The van der Waals surface area contributed by atoms with Crippen LogP contribution in [0.5, 0.6) is 0 Å². The highest BCUT2D eigenvalue weighted by Crippen LogP contribution is 2.26. The van der Waals surface area contributed by atoms with E-state index in [4.69, 9.17) is 0 Å². The van der Waals surface area contributed by atoms with Crippen LogP contribution in [0.15, 0.2) is 30.3 Å². The smallest absolute Gasteiger partial charge is 0.230 e. The summed E-state index contributed by atoms with van der Waals surface area (Å²) in [6.45, 7) is 5.21. The molecule has 1 saturated heterocycles. The van der Waals surface area contributed by atoms with Gasteiger partial charge < -0.3 is 4.90 Å². The Balaban J connectivity index is 2.15. The molecule has 18 heavy (non-hydrogen) atoms. The van der Waals surface area contributed by atoms with Gasteiger partial charge in [-0.2, -0.15) is 0 Å². The number of hydrogen-bond acceptors (Lipinski definition) is 1. The van der Waals surface area contributed by atoms with Crippen LogP contribution in [-0.4, -0.2) is 23.4 Å². The second kappa shape index (κ2) is 6.03. The number of hydrogen-bond donors (Lipinski definition) is 0. The van der Waals surface area contributed by atoms with Gasteiger partial charge >= 0.3 is 0 Å². The average Bonchev–Trinajstić information content (AvgIpc) is 2.41. The van der Waals surface area contributed by atoms with E-state index in [0.717, 1.165) is 31.4 Å². The summed E-state index contributed by atoms with van der Waals surface area (Å²) >= 11 is 0. The first-order valence-corrected chi connectivity index (χ1v) is 7.09. The standard InChI is InChI=1S/C16H23NO/c1-3-15(14-10-5-4-6-11-14)16(18)17-12-8-7-9-13(17)2/h4-6,10-11,13,15H,3,7-9,12H2,1-2H3/t13-,15+/m0/s1. The number of rotatable bonds is 3. The summed E-state index contributed by atoms with van der Waals surface area (Å²) in [5, 5.41) is 0. The molecule has 2 nitrogen and oxygen atoms in total. The molecule has 0 saturated carbocycles. The van der Waals surface area contributed by atoms with Crippen LogP contribution in [0.3, 0.4) is 0 Å². The van der Waals surface area contributed by atoms with Gasteiger partial charge in [-0.05, 0) is 38.2 Å². The van der Waals surface area contributed by atoms with Gasteiger partial charge in [0.1, 0.15) is 0 Å². The van der Waals surface area contributed by atoms with Gasteiger partial charge in [0.15, 0.2) is 0 Å². The molecular formula is C16H23NO. The summed E-state index contributed by atoms with van der Waals surface area (Å²) in [7, 11) is 0. The fraction of sp³-hybridized carbons (Fsp3) is 0.562. The van der Waals surface area contributed by atoms with Crippen molar-refractivity contribution in [2.45, 2.75) is 51.5 Å². The predicted octanol–water partition coefficient (Wildman–Crippen LogP) is 3.58. The number of amides is 1. The third-order valence-electron chi connectivity index (χ3n) is 3.99. The van der Waals surface area contributed by atoms with Gasteiger partial charge in [0.05, 0.1) is 5.92 Å². The molecule has 2 heteroatoms. The normalized spacial score (nSPS) is 21.7. The molecule has 0 aliphatic carbocycles. The van der Waals surface area contributed by atoms with Crippen molar-refractivity contribution in [3.63, 3.8) is 0 Å². The first-order valence-electron chi connectivity index (χ1n) is 7.09. The summed E-state index contributed by atoms with van der Waals surface area (Å²) in [5.74, 6) is 0.350. The van der Waals surface area contributed by atoms with Crippen LogP contribution in [0.25, 0.3) is 0 Å². The molecule has 1 fully saturated rings. The molecule has 0 bridgehead atoms. The van der Waals surface area contributed by atoms with Crippen molar-refractivity contribution in [2.24, 2.45) is 0 Å². The maximum Gasteiger partial charge on any atom is 0.230 e. The molecule has 1 amide bonds. The Hall–Kier alpha value is -1.31. The Morgan fingerprint density at radius 2 is 2.06 bits per heavy atom. The lowest BCUT2D eigenvalue weighted by Crippen LogP contribution is -2.44. The van der Waals surface area contributed by atoms with E-state index in [2.05, 4.69) is 30.9 Å². The molecular weight excluding hydrogens is 222 g/mol. The molecule has 0 radical (unpaired) electrons. The van der Waals surface area contributed by atoms with Gasteiger partial charge in [-0.25, -0.2) is 0 Å². The van der Waals surface area contributed by atoms with E-state index < -0.39 is 0 Å².